The van der Waals surface area contributed by atoms with Crippen LogP contribution >= 0.6 is 0 Å². The number of hydrogen-bond donors (Lipinski definition) is 2. The predicted molar refractivity (Wildman–Crippen MR) is 75.4 cm³/mol. The molecule has 0 aromatic carbocycles. The van der Waals surface area contributed by atoms with E-state index in [0.717, 1.165) is 19.3 Å². The molecule has 106 valence electrons. The summed E-state index contributed by atoms with van der Waals surface area (Å²) in [7, 11) is 2.02. The zero-order valence-corrected chi connectivity index (χ0v) is 12.3. The van der Waals surface area contributed by atoms with Crippen molar-refractivity contribution in [2.75, 3.05) is 7.05 Å². The van der Waals surface area contributed by atoms with E-state index >= 15 is 0 Å². The van der Waals surface area contributed by atoms with Crippen molar-refractivity contribution in [2.24, 2.45) is 5.73 Å². The molecular weight excluding hydrogens is 226 g/mol. The number of hydrogen-bond acceptors (Lipinski definition) is 3. The molecule has 0 aromatic rings. The number of nitrogens with one attached hydrogen (secondary N) is 1. The Morgan fingerprint density at radius 2 is 2.00 bits per heavy atom. The molecule has 18 heavy (non-hydrogen) atoms. The van der Waals surface area contributed by atoms with Crippen LogP contribution in [0.1, 0.15) is 52.9 Å². The van der Waals surface area contributed by atoms with Crippen molar-refractivity contribution in [3.05, 3.63) is 0 Å². The van der Waals surface area contributed by atoms with Gasteiger partial charge in [0.25, 0.3) is 0 Å². The Labute approximate surface area is 111 Å². The second-order valence-electron chi connectivity index (χ2n) is 5.67. The third kappa shape index (κ3) is 3.95. The van der Waals surface area contributed by atoms with E-state index in [9.17, 15) is 4.79 Å². The minimum atomic E-state index is -0.104. The van der Waals surface area contributed by atoms with Gasteiger partial charge in [-0.1, -0.05) is 19.8 Å². The maximum Gasteiger partial charge on any atom is 0.237 e. The molecule has 0 bridgehead atoms. The lowest BCUT2D eigenvalue weighted by atomic mass is 9.89. The Kier molecular flexibility index (Phi) is 6.09. The van der Waals surface area contributed by atoms with Gasteiger partial charge in [0.1, 0.15) is 0 Å². The highest BCUT2D eigenvalue weighted by molar-refractivity contribution is 5.81. The standard InChI is InChI=1S/C14H29N3O/c1-5-10(2)16-14(18)11(3)17(4)13-9-7-6-8-12(13)15/h10-13H,5-9,15H2,1-4H3,(H,16,18). The SMILES string of the molecule is CCC(C)NC(=O)C(C)N(C)C1CCCCC1N. The van der Waals surface area contributed by atoms with Crippen LogP contribution in [0, 0.1) is 0 Å². The minimum Gasteiger partial charge on any atom is -0.352 e. The fourth-order valence-corrected chi connectivity index (χ4v) is 2.58. The molecule has 1 aliphatic carbocycles. The van der Waals surface area contributed by atoms with Crippen LogP contribution < -0.4 is 11.1 Å². The number of carbonyl (C=O) groups is 1. The predicted octanol–water partition coefficient (Wildman–Crippen LogP) is 1.49. The Hall–Kier alpha value is -0.610. The molecule has 0 aliphatic heterocycles. The zero-order valence-electron chi connectivity index (χ0n) is 12.3. The van der Waals surface area contributed by atoms with Crippen LogP contribution in [0.4, 0.5) is 0 Å². The number of carbonyl (C=O) groups excluding carboxylic acids is 1. The van der Waals surface area contributed by atoms with E-state index < -0.39 is 0 Å². The van der Waals surface area contributed by atoms with Crippen LogP contribution in [0.25, 0.3) is 0 Å². The number of likely N-dealkylation sites (N-methyl/N-ethyl adjacent to an activating group) is 1. The summed E-state index contributed by atoms with van der Waals surface area (Å²) in [6.45, 7) is 6.09. The van der Waals surface area contributed by atoms with Crippen molar-refractivity contribution < 1.29 is 4.79 Å². The summed E-state index contributed by atoms with van der Waals surface area (Å²) >= 11 is 0. The molecule has 0 aromatic heterocycles. The largest absolute Gasteiger partial charge is 0.352 e. The Balaban J connectivity index is 2.53. The molecule has 3 N–H and O–H groups in total. The molecule has 0 saturated heterocycles. The van der Waals surface area contributed by atoms with Gasteiger partial charge in [-0.05, 0) is 40.2 Å². The molecule has 4 heteroatoms. The molecule has 1 aliphatic rings. The molecular formula is C14H29N3O. The highest BCUT2D eigenvalue weighted by atomic mass is 16.2. The average molecular weight is 255 g/mol. The summed E-state index contributed by atoms with van der Waals surface area (Å²) in [6.07, 6.45) is 5.60. The number of nitrogens with zero attached hydrogens (tertiary/aromatic N) is 1. The molecule has 4 nitrogen and oxygen atoms in total. The van der Waals surface area contributed by atoms with Gasteiger partial charge < -0.3 is 11.1 Å². The smallest absolute Gasteiger partial charge is 0.237 e. The van der Waals surface area contributed by atoms with Crippen molar-refractivity contribution in [1.29, 1.82) is 0 Å². The molecule has 1 fully saturated rings. The van der Waals surface area contributed by atoms with Crippen LogP contribution in [-0.2, 0) is 4.79 Å². The summed E-state index contributed by atoms with van der Waals surface area (Å²) in [4.78, 5) is 14.3. The van der Waals surface area contributed by atoms with Gasteiger partial charge in [-0.2, -0.15) is 0 Å². The fraction of sp³-hybridized carbons (Fsp3) is 0.929. The summed E-state index contributed by atoms with van der Waals surface area (Å²) in [5.74, 6) is 0.115. The van der Waals surface area contributed by atoms with E-state index in [1.54, 1.807) is 0 Å². The van der Waals surface area contributed by atoms with Crippen LogP contribution in [0.15, 0.2) is 0 Å². The van der Waals surface area contributed by atoms with Crippen molar-refractivity contribution in [2.45, 2.75) is 77.0 Å². The van der Waals surface area contributed by atoms with Gasteiger partial charge in [0.15, 0.2) is 0 Å². The Morgan fingerprint density at radius 1 is 1.39 bits per heavy atom. The van der Waals surface area contributed by atoms with Crippen molar-refractivity contribution in [3.63, 3.8) is 0 Å². The summed E-state index contributed by atoms with van der Waals surface area (Å²) in [5, 5.41) is 3.04. The molecule has 1 amide bonds. The third-order valence-electron chi connectivity index (χ3n) is 4.30. The van der Waals surface area contributed by atoms with Gasteiger partial charge >= 0.3 is 0 Å². The molecule has 0 radical (unpaired) electrons. The first kappa shape index (κ1) is 15.4. The summed E-state index contributed by atoms with van der Waals surface area (Å²) in [5.41, 5.74) is 6.17. The maximum absolute atomic E-state index is 12.1. The Morgan fingerprint density at radius 3 is 2.56 bits per heavy atom. The summed E-state index contributed by atoms with van der Waals surface area (Å²) < 4.78 is 0. The molecule has 1 rings (SSSR count). The molecule has 4 atom stereocenters. The number of nitrogens with two attached hydrogens (primary N) is 1. The number of rotatable bonds is 5. The van der Waals surface area contributed by atoms with Gasteiger partial charge in [-0.25, -0.2) is 0 Å². The second kappa shape index (κ2) is 7.10. The molecule has 1 saturated carbocycles. The molecule has 0 spiro atoms. The quantitative estimate of drug-likeness (QED) is 0.782. The maximum atomic E-state index is 12.1. The van der Waals surface area contributed by atoms with Gasteiger partial charge in [-0.3, -0.25) is 9.69 Å². The van der Waals surface area contributed by atoms with E-state index in [1.807, 2.05) is 20.9 Å². The van der Waals surface area contributed by atoms with E-state index in [4.69, 9.17) is 5.73 Å². The highest BCUT2D eigenvalue weighted by Gasteiger charge is 2.30. The molecule has 0 heterocycles. The van der Waals surface area contributed by atoms with Crippen molar-refractivity contribution in [1.82, 2.24) is 10.2 Å². The van der Waals surface area contributed by atoms with Crippen molar-refractivity contribution >= 4 is 5.91 Å². The lowest BCUT2D eigenvalue weighted by molar-refractivity contribution is -0.127. The molecule has 4 unspecified atom stereocenters. The topological polar surface area (TPSA) is 58.4 Å². The van der Waals surface area contributed by atoms with Crippen LogP contribution in [-0.4, -0.2) is 42.0 Å². The fourth-order valence-electron chi connectivity index (χ4n) is 2.58. The summed E-state index contributed by atoms with van der Waals surface area (Å²) in [6, 6.07) is 0.695. The van der Waals surface area contributed by atoms with Gasteiger partial charge in [0.05, 0.1) is 6.04 Å². The first-order valence-corrected chi connectivity index (χ1v) is 7.25. The second-order valence-corrected chi connectivity index (χ2v) is 5.67. The number of amides is 1. The van der Waals surface area contributed by atoms with Crippen LogP contribution in [0.5, 0.6) is 0 Å². The highest BCUT2D eigenvalue weighted by Crippen LogP contribution is 2.22. The Bertz CT molecular complexity index is 270. The average Bonchev–Trinajstić information content (AvgIpc) is 2.37. The third-order valence-corrected chi connectivity index (χ3v) is 4.30. The zero-order chi connectivity index (χ0) is 13.7. The lowest BCUT2D eigenvalue weighted by Crippen LogP contribution is -2.55. The van der Waals surface area contributed by atoms with Gasteiger partial charge in [0, 0.05) is 18.1 Å². The van der Waals surface area contributed by atoms with Crippen LogP contribution in [0.3, 0.4) is 0 Å². The van der Waals surface area contributed by atoms with E-state index in [-0.39, 0.29) is 24.0 Å². The van der Waals surface area contributed by atoms with Gasteiger partial charge in [-0.15, -0.1) is 0 Å². The minimum absolute atomic E-state index is 0.104. The van der Waals surface area contributed by atoms with E-state index in [0.29, 0.717) is 6.04 Å². The van der Waals surface area contributed by atoms with E-state index in [1.165, 1.54) is 12.8 Å². The van der Waals surface area contributed by atoms with Crippen molar-refractivity contribution in [3.8, 4) is 0 Å². The van der Waals surface area contributed by atoms with Gasteiger partial charge in [0.2, 0.25) is 5.91 Å². The first-order chi connectivity index (χ1) is 8.47. The lowest BCUT2D eigenvalue weighted by Gasteiger charge is -2.39. The monoisotopic (exact) mass is 255 g/mol. The van der Waals surface area contributed by atoms with E-state index in [2.05, 4.69) is 17.1 Å². The van der Waals surface area contributed by atoms with Crippen LogP contribution in [0.2, 0.25) is 0 Å². The normalized spacial score (nSPS) is 27.9. The first-order valence-electron chi connectivity index (χ1n) is 7.25.